The summed E-state index contributed by atoms with van der Waals surface area (Å²) in [4.78, 5) is 19.5. The Balaban J connectivity index is 0.00000336. The molecule has 9 heteroatoms. The van der Waals surface area contributed by atoms with Gasteiger partial charge in [-0.2, -0.15) is 0 Å². The van der Waals surface area contributed by atoms with E-state index >= 15 is 0 Å². The number of aryl methyl sites for hydroxylation is 3. The van der Waals surface area contributed by atoms with Gasteiger partial charge in [-0.3, -0.25) is 4.90 Å². The number of nitrogens with zero attached hydrogens (tertiary/aromatic N) is 6. The van der Waals surface area contributed by atoms with Gasteiger partial charge in [0.2, 0.25) is 0 Å². The van der Waals surface area contributed by atoms with E-state index in [4.69, 9.17) is 0 Å². The van der Waals surface area contributed by atoms with Gasteiger partial charge in [0.25, 0.3) is 0 Å². The molecule has 0 spiro atoms. The van der Waals surface area contributed by atoms with Crippen molar-refractivity contribution in [3.8, 4) is 0 Å². The molecule has 0 N–H and O–H groups in total. The van der Waals surface area contributed by atoms with Crippen molar-refractivity contribution in [1.82, 2.24) is 29.4 Å². The first kappa shape index (κ1) is 28.5. The average Bonchev–Trinajstić information content (AvgIpc) is 3.61. The molecule has 1 aliphatic heterocycles. The van der Waals surface area contributed by atoms with Crippen LogP contribution in [0.1, 0.15) is 66.2 Å². The molecule has 1 aliphatic rings. The second kappa shape index (κ2) is 11.3. The molecule has 0 amide bonds. The predicted octanol–water partition coefficient (Wildman–Crippen LogP) is 0.338. The Morgan fingerprint density at radius 3 is 2.55 bits per heavy atom. The summed E-state index contributed by atoms with van der Waals surface area (Å²) in [6, 6.07) is 10.3. The summed E-state index contributed by atoms with van der Waals surface area (Å²) in [7, 11) is 1.86. The summed E-state index contributed by atoms with van der Waals surface area (Å²) >= 11 is 0. The molecule has 38 heavy (non-hydrogen) atoms. The van der Waals surface area contributed by atoms with Crippen LogP contribution in [0.3, 0.4) is 0 Å². The van der Waals surface area contributed by atoms with Crippen LogP contribution >= 0.6 is 0 Å². The number of rotatable bonds is 8. The number of carbonyl (C=O) groups excluding carboxylic acids is 1. The van der Waals surface area contributed by atoms with Gasteiger partial charge in [0, 0.05) is 43.3 Å². The zero-order valence-electron chi connectivity index (χ0n) is 23.4. The molecule has 0 radical (unpaired) electrons. The van der Waals surface area contributed by atoms with Crippen LogP contribution in [-0.4, -0.2) is 48.5 Å². The summed E-state index contributed by atoms with van der Waals surface area (Å²) in [6.07, 6.45) is 6.40. The van der Waals surface area contributed by atoms with Crippen molar-refractivity contribution >= 4 is 17.0 Å². The van der Waals surface area contributed by atoms with Crippen molar-refractivity contribution in [1.29, 1.82) is 0 Å². The number of hydrogen-bond donors (Lipinski definition) is 0. The molecule has 1 unspecified atom stereocenters. The molecule has 4 aromatic rings. The fraction of sp³-hybridized carbons (Fsp3) is 0.448. The zero-order chi connectivity index (χ0) is 26.3. The fourth-order valence-electron chi connectivity index (χ4n) is 5.67. The van der Waals surface area contributed by atoms with Crippen LogP contribution in [0, 0.1) is 19.3 Å². The number of likely N-dealkylation sites (tertiary alicyclic amines) is 1. The molecule has 5 rings (SSSR count). The third kappa shape index (κ3) is 5.32. The number of carboxylic acid groups (broad SMARTS) is 1. The van der Waals surface area contributed by atoms with E-state index < -0.39 is 17.3 Å². The number of fused-ring (bicyclic) bond motifs is 1. The fourth-order valence-corrected chi connectivity index (χ4v) is 5.67. The molecule has 1 saturated heterocycles. The topological polar surface area (TPSA) is 91.9 Å². The van der Waals surface area contributed by atoms with E-state index in [1.807, 2.05) is 44.6 Å². The van der Waals surface area contributed by atoms with E-state index in [1.165, 1.54) is 12.8 Å². The summed E-state index contributed by atoms with van der Waals surface area (Å²) in [5.74, 6) is -0.446. The smallest absolute Gasteiger partial charge is 0.550 e. The number of hydrogen-bond acceptors (Lipinski definition) is 6. The van der Waals surface area contributed by atoms with Crippen LogP contribution in [0.4, 0.5) is 0 Å². The third-order valence-corrected chi connectivity index (χ3v) is 8.05. The van der Waals surface area contributed by atoms with E-state index in [0.29, 0.717) is 6.54 Å². The second-order valence-corrected chi connectivity index (χ2v) is 10.9. The van der Waals surface area contributed by atoms with Crippen LogP contribution in [0.2, 0.25) is 0 Å². The Hall–Kier alpha value is -2.52. The number of aromatic nitrogens is 5. The second-order valence-electron chi connectivity index (χ2n) is 10.9. The van der Waals surface area contributed by atoms with Crippen molar-refractivity contribution in [2.45, 2.75) is 59.5 Å². The van der Waals surface area contributed by atoms with Crippen LogP contribution in [-0.2, 0) is 24.9 Å². The van der Waals surface area contributed by atoms with E-state index in [1.54, 1.807) is 18.5 Å². The molecule has 1 atom stereocenters. The summed E-state index contributed by atoms with van der Waals surface area (Å²) in [5.41, 5.74) is 5.68. The monoisotopic (exact) mass is 522 g/mol. The van der Waals surface area contributed by atoms with Crippen LogP contribution in [0.25, 0.3) is 11.0 Å². The molecule has 194 valence electrons. The first-order valence-corrected chi connectivity index (χ1v) is 13.0. The maximum absolute atomic E-state index is 12.4. The summed E-state index contributed by atoms with van der Waals surface area (Å²) in [6.45, 7) is 11.4. The molecule has 0 aliphatic carbocycles. The Morgan fingerprint density at radius 2 is 1.84 bits per heavy atom. The van der Waals surface area contributed by atoms with Gasteiger partial charge in [0.05, 0.1) is 12.1 Å². The van der Waals surface area contributed by atoms with E-state index in [9.17, 15) is 9.90 Å². The predicted molar refractivity (Wildman–Crippen MR) is 141 cm³/mol. The van der Waals surface area contributed by atoms with Gasteiger partial charge in [-0.05, 0) is 73.7 Å². The van der Waals surface area contributed by atoms with Gasteiger partial charge in [0.1, 0.15) is 11.3 Å². The first-order valence-electron chi connectivity index (χ1n) is 13.0. The number of carbonyl (C=O) groups is 1. The standard InChI is InChI=1S/C29H36N6O2.Na/c1-19-8-9-21(16-22(19)17-35-15-12-30-25(35)18-34-13-6-7-14-34)26(29(3,4)28(36)37)23-10-11-24-27(20(23)2)31-32-33(24)5;/h8-12,15-16,26H,6-7,13-14,17-18H2,1-5H3,(H,36,37);/q;+1/p-1. The molecule has 0 bridgehead atoms. The molecule has 3 heterocycles. The van der Waals surface area contributed by atoms with Crippen molar-refractivity contribution in [3.05, 3.63) is 76.4 Å². The van der Waals surface area contributed by atoms with Crippen LogP contribution in [0.15, 0.2) is 42.7 Å². The first-order chi connectivity index (χ1) is 17.7. The Labute approximate surface area is 246 Å². The number of imidazole rings is 1. The molecule has 2 aromatic heterocycles. The largest absolute Gasteiger partial charge is 1.00 e. The van der Waals surface area contributed by atoms with Gasteiger partial charge in [-0.15, -0.1) is 5.10 Å². The zero-order valence-corrected chi connectivity index (χ0v) is 25.4. The number of benzene rings is 2. The number of aliphatic carboxylic acids is 1. The Morgan fingerprint density at radius 1 is 1.11 bits per heavy atom. The van der Waals surface area contributed by atoms with E-state index in [-0.39, 0.29) is 29.6 Å². The average molecular weight is 523 g/mol. The SMILES string of the molecule is Cc1ccc(C(c2ccc3c(nnn3C)c2C)C(C)(C)C(=O)[O-])cc1Cn1ccnc1CN1CCCC1.[Na+]. The van der Waals surface area contributed by atoms with Gasteiger partial charge >= 0.3 is 29.6 Å². The molecule has 1 fully saturated rings. The van der Waals surface area contributed by atoms with Crippen molar-refractivity contribution in [2.24, 2.45) is 12.5 Å². The van der Waals surface area contributed by atoms with Crippen LogP contribution < -0.4 is 34.7 Å². The van der Waals surface area contributed by atoms with E-state index in [0.717, 1.165) is 64.3 Å². The van der Waals surface area contributed by atoms with Gasteiger partial charge in [0.15, 0.2) is 0 Å². The van der Waals surface area contributed by atoms with E-state index in [2.05, 4.69) is 43.8 Å². The summed E-state index contributed by atoms with van der Waals surface area (Å²) in [5, 5.41) is 21.0. The Bertz CT molecular complexity index is 1450. The maximum Gasteiger partial charge on any atom is 1.00 e. The van der Waals surface area contributed by atoms with Gasteiger partial charge in [-0.25, -0.2) is 9.67 Å². The van der Waals surface area contributed by atoms with Gasteiger partial charge in [-0.1, -0.05) is 43.3 Å². The molecule has 0 saturated carbocycles. The van der Waals surface area contributed by atoms with Crippen molar-refractivity contribution < 1.29 is 39.5 Å². The minimum atomic E-state index is -1.15. The van der Waals surface area contributed by atoms with Crippen LogP contribution in [0.5, 0.6) is 0 Å². The van der Waals surface area contributed by atoms with Crippen molar-refractivity contribution in [2.75, 3.05) is 13.1 Å². The third-order valence-electron chi connectivity index (χ3n) is 8.05. The number of carboxylic acids is 1. The van der Waals surface area contributed by atoms with Gasteiger partial charge < -0.3 is 14.5 Å². The maximum atomic E-state index is 12.4. The summed E-state index contributed by atoms with van der Waals surface area (Å²) < 4.78 is 3.94. The Kier molecular flexibility index (Phi) is 8.47. The van der Waals surface area contributed by atoms with Crippen molar-refractivity contribution in [3.63, 3.8) is 0 Å². The normalized spacial score (nSPS) is 15.1. The minimum absolute atomic E-state index is 0. The molecular weight excluding hydrogens is 487 g/mol. The molecule has 8 nitrogen and oxygen atoms in total. The molecular formula is C29H35N6NaO2. The minimum Gasteiger partial charge on any atom is -0.550 e. The molecule has 2 aromatic carbocycles. The quantitative estimate of drug-likeness (QED) is 0.310.